The Bertz CT molecular complexity index is 1430. The van der Waals surface area contributed by atoms with Crippen molar-refractivity contribution >= 4 is 39.3 Å². The molecule has 11 heteroatoms. The standard InChI is InChI=1S/C25H26N6O3S2/c1-15-4-9-22-18(10-15)12-19(13-26)24(30-22)35-14-23(32)29-20-5-7-21(8-6-20)36(33,34)31-25-27-16(2)11-17(3)28-25/h5-8,11-12,15H,4,9-10,14H2,1-3H3,(H,29,32)(H,27,28,31). The van der Waals surface area contributed by atoms with Crippen LogP contribution in [-0.2, 0) is 27.7 Å². The van der Waals surface area contributed by atoms with Gasteiger partial charge in [-0.15, -0.1) is 0 Å². The molecule has 0 spiro atoms. The highest BCUT2D eigenvalue weighted by Gasteiger charge is 2.20. The first-order valence-electron chi connectivity index (χ1n) is 11.4. The highest BCUT2D eigenvalue weighted by atomic mass is 32.2. The van der Waals surface area contributed by atoms with Crippen LogP contribution in [0.5, 0.6) is 0 Å². The first-order chi connectivity index (χ1) is 17.1. The summed E-state index contributed by atoms with van der Waals surface area (Å²) in [6.45, 7) is 5.71. The molecule has 186 valence electrons. The topological polar surface area (TPSA) is 138 Å². The molecule has 1 aliphatic carbocycles. The smallest absolute Gasteiger partial charge is 0.264 e. The van der Waals surface area contributed by atoms with Gasteiger partial charge in [0.2, 0.25) is 11.9 Å². The molecule has 0 radical (unpaired) electrons. The van der Waals surface area contributed by atoms with E-state index in [4.69, 9.17) is 0 Å². The van der Waals surface area contributed by atoms with Gasteiger partial charge in [0.15, 0.2) is 0 Å². The fourth-order valence-electron chi connectivity index (χ4n) is 4.02. The number of sulfonamides is 1. The zero-order chi connectivity index (χ0) is 25.9. The predicted molar refractivity (Wildman–Crippen MR) is 138 cm³/mol. The molecule has 0 fully saturated rings. The normalized spacial score (nSPS) is 15.0. The van der Waals surface area contributed by atoms with Gasteiger partial charge in [0.05, 0.1) is 16.2 Å². The minimum absolute atomic E-state index is 0.00365. The Balaban J connectivity index is 1.38. The van der Waals surface area contributed by atoms with Crippen LogP contribution in [-0.4, -0.2) is 35.0 Å². The SMILES string of the molecule is Cc1cc(C)nc(NS(=O)(=O)c2ccc(NC(=O)CSc3nc4c(cc3C#N)CC(C)CC4)cc2)n1. The summed E-state index contributed by atoms with van der Waals surface area (Å²) in [5, 5.41) is 12.8. The molecule has 2 aromatic heterocycles. The average molecular weight is 523 g/mol. The molecule has 2 N–H and O–H groups in total. The molecule has 1 atom stereocenters. The molecule has 2 heterocycles. The Labute approximate surface area is 214 Å². The summed E-state index contributed by atoms with van der Waals surface area (Å²) in [6.07, 6.45) is 2.86. The number of nitriles is 1. The quantitative estimate of drug-likeness (QED) is 0.444. The maximum absolute atomic E-state index is 12.7. The van der Waals surface area contributed by atoms with Crippen molar-refractivity contribution < 1.29 is 13.2 Å². The van der Waals surface area contributed by atoms with Crippen LogP contribution in [0.2, 0.25) is 0 Å². The third-order valence-electron chi connectivity index (χ3n) is 5.72. The number of anilines is 2. The van der Waals surface area contributed by atoms with Gasteiger partial charge in [0, 0.05) is 22.8 Å². The van der Waals surface area contributed by atoms with E-state index in [0.717, 1.165) is 30.5 Å². The molecule has 1 aromatic carbocycles. The number of aromatic nitrogens is 3. The van der Waals surface area contributed by atoms with Crippen LogP contribution in [0.15, 0.2) is 46.3 Å². The number of hydrogen-bond acceptors (Lipinski definition) is 8. The second-order valence-corrected chi connectivity index (χ2v) is 11.5. The van der Waals surface area contributed by atoms with E-state index in [-0.39, 0.29) is 22.5 Å². The van der Waals surface area contributed by atoms with Gasteiger partial charge < -0.3 is 5.32 Å². The number of carbonyl (C=O) groups is 1. The monoisotopic (exact) mass is 522 g/mol. The predicted octanol–water partition coefficient (Wildman–Crippen LogP) is 4.02. The van der Waals surface area contributed by atoms with E-state index in [0.29, 0.717) is 33.6 Å². The molecule has 0 saturated carbocycles. The Kier molecular flexibility index (Phi) is 7.56. The Morgan fingerprint density at radius 1 is 1.14 bits per heavy atom. The molecule has 1 unspecified atom stereocenters. The Hall–Kier alpha value is -3.49. The highest BCUT2D eigenvalue weighted by Crippen LogP contribution is 2.29. The van der Waals surface area contributed by atoms with E-state index in [9.17, 15) is 18.5 Å². The van der Waals surface area contributed by atoms with Crippen LogP contribution in [0.4, 0.5) is 11.6 Å². The number of nitrogens with one attached hydrogen (secondary N) is 2. The lowest BCUT2D eigenvalue weighted by Crippen LogP contribution is -2.17. The first kappa shape index (κ1) is 25.6. The van der Waals surface area contributed by atoms with Crippen molar-refractivity contribution in [2.45, 2.75) is 50.0 Å². The van der Waals surface area contributed by atoms with Crippen molar-refractivity contribution in [1.82, 2.24) is 15.0 Å². The van der Waals surface area contributed by atoms with Gasteiger partial charge in [0.25, 0.3) is 10.0 Å². The van der Waals surface area contributed by atoms with Crippen LogP contribution < -0.4 is 10.0 Å². The van der Waals surface area contributed by atoms with Crippen molar-refractivity contribution in [2.24, 2.45) is 5.92 Å². The largest absolute Gasteiger partial charge is 0.325 e. The van der Waals surface area contributed by atoms with Crippen LogP contribution >= 0.6 is 11.8 Å². The van der Waals surface area contributed by atoms with Crippen LogP contribution in [0.3, 0.4) is 0 Å². The summed E-state index contributed by atoms with van der Waals surface area (Å²) in [6, 6.07) is 11.7. The van der Waals surface area contributed by atoms with Crippen molar-refractivity contribution in [3.8, 4) is 6.07 Å². The number of benzene rings is 1. The fraction of sp³-hybridized carbons (Fsp3) is 0.320. The lowest BCUT2D eigenvalue weighted by Gasteiger charge is -2.21. The second-order valence-electron chi connectivity index (χ2n) is 8.85. The number of hydrogen-bond donors (Lipinski definition) is 2. The third-order valence-corrected chi connectivity index (χ3v) is 8.05. The molecule has 36 heavy (non-hydrogen) atoms. The molecule has 0 aliphatic heterocycles. The number of pyridine rings is 1. The summed E-state index contributed by atoms with van der Waals surface area (Å²) >= 11 is 1.22. The molecule has 0 bridgehead atoms. The summed E-state index contributed by atoms with van der Waals surface area (Å²) in [5.41, 5.74) is 4.36. The number of carbonyl (C=O) groups excluding carboxylic acids is 1. The van der Waals surface area contributed by atoms with Crippen LogP contribution in [0, 0.1) is 31.1 Å². The lowest BCUT2D eigenvalue weighted by atomic mass is 9.87. The fourth-order valence-corrected chi connectivity index (χ4v) is 5.74. The molecule has 1 aliphatic rings. The molecule has 0 saturated heterocycles. The van der Waals surface area contributed by atoms with Crippen molar-refractivity contribution in [2.75, 3.05) is 15.8 Å². The number of nitrogens with zero attached hydrogens (tertiary/aromatic N) is 4. The van der Waals surface area contributed by atoms with Crippen LogP contribution in [0.25, 0.3) is 0 Å². The maximum Gasteiger partial charge on any atom is 0.264 e. The minimum Gasteiger partial charge on any atom is -0.325 e. The molecule has 4 rings (SSSR count). The lowest BCUT2D eigenvalue weighted by molar-refractivity contribution is -0.113. The Morgan fingerprint density at radius 3 is 2.50 bits per heavy atom. The third kappa shape index (κ3) is 6.19. The minimum atomic E-state index is -3.89. The molecule has 3 aromatic rings. The van der Waals surface area contributed by atoms with E-state index in [1.807, 2.05) is 6.07 Å². The van der Waals surface area contributed by atoms with Gasteiger partial charge in [-0.3, -0.25) is 4.79 Å². The summed E-state index contributed by atoms with van der Waals surface area (Å²) in [5.74, 6) is 0.369. The summed E-state index contributed by atoms with van der Waals surface area (Å²) in [4.78, 5) is 25.4. The van der Waals surface area contributed by atoms with Crippen molar-refractivity contribution in [1.29, 1.82) is 5.26 Å². The number of fused-ring (bicyclic) bond motifs is 1. The Morgan fingerprint density at radius 2 is 1.83 bits per heavy atom. The van der Waals surface area contributed by atoms with Gasteiger partial charge >= 0.3 is 0 Å². The van der Waals surface area contributed by atoms with Gasteiger partial charge in [-0.25, -0.2) is 28.1 Å². The first-order valence-corrected chi connectivity index (χ1v) is 13.9. The van der Waals surface area contributed by atoms with E-state index in [2.05, 4.69) is 38.0 Å². The number of rotatable bonds is 7. The zero-order valence-electron chi connectivity index (χ0n) is 20.2. The number of amides is 1. The van der Waals surface area contributed by atoms with Crippen molar-refractivity contribution in [3.05, 3.63) is 64.6 Å². The van der Waals surface area contributed by atoms with Gasteiger partial charge in [-0.1, -0.05) is 18.7 Å². The molecular formula is C25H26N6O3S2. The van der Waals surface area contributed by atoms with Gasteiger partial charge in [0.1, 0.15) is 11.1 Å². The second kappa shape index (κ2) is 10.6. The van der Waals surface area contributed by atoms with Gasteiger partial charge in [-0.05, 0) is 81.0 Å². The average Bonchev–Trinajstić information content (AvgIpc) is 2.81. The molecule has 9 nitrogen and oxygen atoms in total. The van der Waals surface area contributed by atoms with E-state index in [1.165, 1.54) is 36.0 Å². The summed E-state index contributed by atoms with van der Waals surface area (Å²) < 4.78 is 27.7. The highest BCUT2D eigenvalue weighted by molar-refractivity contribution is 8.00. The summed E-state index contributed by atoms with van der Waals surface area (Å²) in [7, 11) is -3.89. The molecular weight excluding hydrogens is 496 g/mol. The zero-order valence-corrected chi connectivity index (χ0v) is 21.8. The number of thioether (sulfide) groups is 1. The van der Waals surface area contributed by atoms with Crippen LogP contribution in [0.1, 0.15) is 41.6 Å². The number of aryl methyl sites for hydroxylation is 3. The maximum atomic E-state index is 12.7. The van der Waals surface area contributed by atoms with E-state index < -0.39 is 10.0 Å². The van der Waals surface area contributed by atoms with Gasteiger partial charge in [-0.2, -0.15) is 5.26 Å². The van der Waals surface area contributed by atoms with E-state index >= 15 is 0 Å². The van der Waals surface area contributed by atoms with Crippen molar-refractivity contribution in [3.63, 3.8) is 0 Å². The molecule has 1 amide bonds. The van der Waals surface area contributed by atoms with E-state index in [1.54, 1.807) is 19.9 Å².